The first-order chi connectivity index (χ1) is 6.33. The van der Waals surface area contributed by atoms with E-state index in [2.05, 4.69) is 6.92 Å². The van der Waals surface area contributed by atoms with Gasteiger partial charge in [-0.1, -0.05) is 19.8 Å². The van der Waals surface area contributed by atoms with Crippen LogP contribution in [0.2, 0.25) is 0 Å². The maximum Gasteiger partial charge on any atom is 0.418 e. The smallest absolute Gasteiger partial charge is 0.418 e. The van der Waals surface area contributed by atoms with Crippen LogP contribution in [-0.4, -0.2) is 12.1 Å². The molecular formula is C11H19O2. The summed E-state index contributed by atoms with van der Waals surface area (Å²) in [4.78, 5) is 10.3. The Bertz CT molecular complexity index is 148. The molecule has 2 nitrogen and oxygen atoms in total. The second-order valence-corrected chi connectivity index (χ2v) is 4.03. The van der Waals surface area contributed by atoms with E-state index in [0.717, 1.165) is 25.7 Å². The Morgan fingerprint density at radius 3 is 2.54 bits per heavy atom. The highest BCUT2D eigenvalue weighted by molar-refractivity contribution is 5.39. The van der Waals surface area contributed by atoms with Crippen molar-refractivity contribution in [1.82, 2.24) is 0 Å². The van der Waals surface area contributed by atoms with E-state index in [1.54, 1.807) is 6.47 Å². The lowest BCUT2D eigenvalue weighted by Crippen LogP contribution is -2.34. The Morgan fingerprint density at radius 2 is 2.00 bits per heavy atom. The van der Waals surface area contributed by atoms with Crippen LogP contribution in [0.4, 0.5) is 0 Å². The molecule has 1 radical (unpaired) electrons. The summed E-state index contributed by atoms with van der Waals surface area (Å²) in [5.41, 5.74) is -0.143. The van der Waals surface area contributed by atoms with E-state index in [0.29, 0.717) is 0 Å². The average molecular weight is 183 g/mol. The first-order valence-electron chi connectivity index (χ1n) is 5.38. The molecule has 1 aliphatic rings. The van der Waals surface area contributed by atoms with Gasteiger partial charge in [-0.25, -0.2) is 4.79 Å². The van der Waals surface area contributed by atoms with Crippen molar-refractivity contribution in [3.63, 3.8) is 0 Å². The zero-order chi connectivity index (χ0) is 9.57. The van der Waals surface area contributed by atoms with E-state index in [1.165, 1.54) is 25.7 Å². The van der Waals surface area contributed by atoms with Crippen LogP contribution in [0.3, 0.4) is 0 Å². The summed E-state index contributed by atoms with van der Waals surface area (Å²) in [5.74, 6) is 0. The molecule has 1 rings (SSSR count). The van der Waals surface area contributed by atoms with Crippen LogP contribution in [0.5, 0.6) is 0 Å². The molecular weight excluding hydrogens is 164 g/mol. The fourth-order valence-corrected chi connectivity index (χ4v) is 2.19. The second-order valence-electron chi connectivity index (χ2n) is 4.03. The van der Waals surface area contributed by atoms with E-state index in [4.69, 9.17) is 4.74 Å². The normalized spacial score (nSPS) is 21.0. The summed E-state index contributed by atoms with van der Waals surface area (Å²) in [6.07, 6.45) is 9.13. The van der Waals surface area contributed by atoms with Crippen molar-refractivity contribution in [2.75, 3.05) is 0 Å². The molecule has 0 unspecified atom stereocenters. The standard InChI is InChI=1S/C11H19O2/c1-2-3-7-11(13-10-12)8-5-4-6-9-11/h2-9H2,1H3. The summed E-state index contributed by atoms with van der Waals surface area (Å²) >= 11 is 0. The largest absolute Gasteiger partial charge is 0.451 e. The molecule has 2 heteroatoms. The van der Waals surface area contributed by atoms with Crippen LogP contribution in [0.15, 0.2) is 0 Å². The fraction of sp³-hybridized carbons (Fsp3) is 0.909. The van der Waals surface area contributed by atoms with Crippen LogP contribution >= 0.6 is 0 Å². The molecule has 75 valence electrons. The molecule has 0 bridgehead atoms. The monoisotopic (exact) mass is 183 g/mol. The van der Waals surface area contributed by atoms with Crippen molar-refractivity contribution in [3.05, 3.63) is 0 Å². The molecule has 0 aromatic heterocycles. The van der Waals surface area contributed by atoms with Gasteiger partial charge in [0.15, 0.2) is 0 Å². The average Bonchev–Trinajstić information content (AvgIpc) is 2.17. The maximum atomic E-state index is 10.3. The molecule has 0 amide bonds. The van der Waals surface area contributed by atoms with Crippen LogP contribution in [0.25, 0.3) is 0 Å². The number of ether oxygens (including phenoxy) is 1. The highest BCUT2D eigenvalue weighted by Crippen LogP contribution is 2.35. The molecule has 0 aromatic carbocycles. The summed E-state index contributed by atoms with van der Waals surface area (Å²) < 4.78 is 5.17. The van der Waals surface area contributed by atoms with Crippen molar-refractivity contribution in [3.8, 4) is 0 Å². The molecule has 1 aliphatic carbocycles. The molecule has 0 N–H and O–H groups in total. The van der Waals surface area contributed by atoms with Crippen molar-refractivity contribution in [2.24, 2.45) is 0 Å². The van der Waals surface area contributed by atoms with Gasteiger partial charge in [-0.05, 0) is 38.5 Å². The lowest BCUT2D eigenvalue weighted by atomic mass is 9.81. The van der Waals surface area contributed by atoms with E-state index in [9.17, 15) is 4.79 Å². The van der Waals surface area contributed by atoms with Crippen molar-refractivity contribution >= 4 is 6.47 Å². The Balaban J connectivity index is 2.45. The summed E-state index contributed by atoms with van der Waals surface area (Å²) in [5, 5.41) is 0. The number of rotatable bonds is 5. The third-order valence-electron chi connectivity index (χ3n) is 3.01. The zero-order valence-electron chi connectivity index (χ0n) is 8.47. The Labute approximate surface area is 80.7 Å². The van der Waals surface area contributed by atoms with Crippen LogP contribution in [0, 0.1) is 0 Å². The van der Waals surface area contributed by atoms with Gasteiger partial charge >= 0.3 is 6.47 Å². The van der Waals surface area contributed by atoms with Gasteiger partial charge in [-0.2, -0.15) is 0 Å². The predicted molar refractivity (Wildman–Crippen MR) is 52.1 cm³/mol. The fourth-order valence-electron chi connectivity index (χ4n) is 2.19. The Hall–Kier alpha value is -0.530. The minimum absolute atomic E-state index is 0.143. The lowest BCUT2D eigenvalue weighted by Gasteiger charge is -2.35. The quantitative estimate of drug-likeness (QED) is 0.655. The molecule has 1 fully saturated rings. The van der Waals surface area contributed by atoms with E-state index < -0.39 is 0 Å². The minimum Gasteiger partial charge on any atom is -0.451 e. The number of unbranched alkanes of at least 4 members (excludes halogenated alkanes) is 1. The third kappa shape index (κ3) is 3.02. The van der Waals surface area contributed by atoms with Gasteiger partial charge < -0.3 is 4.74 Å². The minimum atomic E-state index is -0.143. The molecule has 13 heavy (non-hydrogen) atoms. The van der Waals surface area contributed by atoms with Crippen LogP contribution < -0.4 is 0 Å². The summed E-state index contributed by atoms with van der Waals surface area (Å²) in [6.45, 7) is 3.80. The van der Waals surface area contributed by atoms with E-state index in [-0.39, 0.29) is 5.60 Å². The van der Waals surface area contributed by atoms with E-state index >= 15 is 0 Å². The van der Waals surface area contributed by atoms with Crippen molar-refractivity contribution in [1.29, 1.82) is 0 Å². The Kier molecular flexibility index (Phi) is 4.26. The highest BCUT2D eigenvalue weighted by atomic mass is 16.5. The molecule has 0 spiro atoms. The third-order valence-corrected chi connectivity index (χ3v) is 3.01. The SMILES string of the molecule is CCCCC1(O[C]=O)CCCCC1. The predicted octanol–water partition coefficient (Wildman–Crippen LogP) is 2.96. The second kappa shape index (κ2) is 5.25. The first-order valence-corrected chi connectivity index (χ1v) is 5.38. The number of hydrogen-bond donors (Lipinski definition) is 0. The van der Waals surface area contributed by atoms with E-state index in [1.807, 2.05) is 0 Å². The van der Waals surface area contributed by atoms with Gasteiger partial charge in [-0.15, -0.1) is 0 Å². The van der Waals surface area contributed by atoms with Crippen molar-refractivity contribution in [2.45, 2.75) is 63.9 Å². The molecule has 0 heterocycles. The highest BCUT2D eigenvalue weighted by Gasteiger charge is 2.33. The van der Waals surface area contributed by atoms with Gasteiger partial charge in [0, 0.05) is 0 Å². The van der Waals surface area contributed by atoms with Crippen LogP contribution in [-0.2, 0) is 9.53 Å². The summed E-state index contributed by atoms with van der Waals surface area (Å²) in [6, 6.07) is 0. The van der Waals surface area contributed by atoms with Gasteiger partial charge in [0.25, 0.3) is 0 Å². The number of hydrogen-bond acceptors (Lipinski definition) is 2. The molecule has 0 aromatic rings. The maximum absolute atomic E-state index is 10.3. The number of carbonyl (C=O) groups excluding carboxylic acids is 1. The van der Waals surface area contributed by atoms with Gasteiger partial charge in [0.05, 0.1) is 0 Å². The van der Waals surface area contributed by atoms with Gasteiger partial charge in [0.2, 0.25) is 0 Å². The summed E-state index contributed by atoms with van der Waals surface area (Å²) in [7, 11) is 0. The Morgan fingerprint density at radius 1 is 1.31 bits per heavy atom. The van der Waals surface area contributed by atoms with Gasteiger partial charge in [-0.3, -0.25) is 0 Å². The topological polar surface area (TPSA) is 26.3 Å². The van der Waals surface area contributed by atoms with Crippen LogP contribution in [0.1, 0.15) is 58.3 Å². The van der Waals surface area contributed by atoms with Gasteiger partial charge in [0.1, 0.15) is 5.60 Å². The molecule has 0 atom stereocenters. The lowest BCUT2D eigenvalue weighted by molar-refractivity contribution is 0.00552. The first kappa shape index (κ1) is 10.6. The molecule has 0 aliphatic heterocycles. The molecule has 1 saturated carbocycles. The zero-order valence-corrected chi connectivity index (χ0v) is 8.47. The molecule has 0 saturated heterocycles. The van der Waals surface area contributed by atoms with Crippen molar-refractivity contribution < 1.29 is 9.53 Å².